The molecule has 3 aromatic rings. The number of benzene rings is 3. The average Bonchev–Trinajstić information content (AvgIpc) is 2.81. The van der Waals surface area contributed by atoms with E-state index in [1.54, 1.807) is 60.5 Å². The predicted octanol–water partition coefficient (Wildman–Crippen LogP) is 4.75. The van der Waals surface area contributed by atoms with Crippen molar-refractivity contribution in [2.45, 2.75) is 26.3 Å². The van der Waals surface area contributed by atoms with E-state index in [1.165, 1.54) is 12.1 Å². The summed E-state index contributed by atoms with van der Waals surface area (Å²) in [6.45, 7) is 2.85. The van der Waals surface area contributed by atoms with Gasteiger partial charge in [0.1, 0.15) is 11.6 Å². The molecule has 0 saturated heterocycles. The van der Waals surface area contributed by atoms with Gasteiger partial charge >= 0.3 is 0 Å². The fraction of sp³-hybridized carbons (Fsp3) is 0.231. The quantitative estimate of drug-likeness (QED) is 0.529. The molecule has 3 rings (SSSR count). The van der Waals surface area contributed by atoms with Gasteiger partial charge in [0.05, 0.1) is 20.1 Å². The molecule has 0 aliphatic carbocycles. The summed E-state index contributed by atoms with van der Waals surface area (Å²) >= 11 is 0. The summed E-state index contributed by atoms with van der Waals surface area (Å²) in [5.74, 6) is -0.0509. The first-order valence-electron chi connectivity index (χ1n) is 10.6. The van der Waals surface area contributed by atoms with Gasteiger partial charge in [0.25, 0.3) is 5.91 Å². The monoisotopic (exact) mass is 434 g/mol. The van der Waals surface area contributed by atoms with Gasteiger partial charge in [-0.1, -0.05) is 37.3 Å². The highest BCUT2D eigenvalue weighted by Gasteiger charge is 2.19. The topological polar surface area (TPSA) is 58.6 Å². The fourth-order valence-corrected chi connectivity index (χ4v) is 3.32. The second-order valence-corrected chi connectivity index (χ2v) is 7.45. The van der Waals surface area contributed by atoms with Crippen molar-refractivity contribution in [2.24, 2.45) is 0 Å². The van der Waals surface area contributed by atoms with Crippen molar-refractivity contribution in [3.63, 3.8) is 0 Å². The highest BCUT2D eigenvalue weighted by molar-refractivity contribution is 6.06. The van der Waals surface area contributed by atoms with E-state index in [1.807, 2.05) is 19.1 Å². The third-order valence-corrected chi connectivity index (χ3v) is 4.98. The molecule has 166 valence electrons. The highest BCUT2D eigenvalue weighted by atomic mass is 19.1. The number of methoxy groups -OCH3 is 1. The van der Waals surface area contributed by atoms with E-state index < -0.39 is 0 Å². The Morgan fingerprint density at radius 3 is 2.41 bits per heavy atom. The van der Waals surface area contributed by atoms with Crippen LogP contribution >= 0.6 is 0 Å². The van der Waals surface area contributed by atoms with Crippen LogP contribution in [-0.2, 0) is 17.8 Å². The van der Waals surface area contributed by atoms with Crippen molar-refractivity contribution < 1.29 is 18.7 Å². The molecule has 0 saturated carbocycles. The molecule has 6 heteroatoms. The molecular weight excluding hydrogens is 407 g/mol. The van der Waals surface area contributed by atoms with E-state index in [2.05, 4.69) is 5.32 Å². The lowest BCUT2D eigenvalue weighted by molar-refractivity contribution is -0.120. The summed E-state index contributed by atoms with van der Waals surface area (Å²) in [4.78, 5) is 27.0. The molecule has 0 unspecified atom stereocenters. The van der Waals surface area contributed by atoms with E-state index >= 15 is 0 Å². The van der Waals surface area contributed by atoms with Crippen molar-refractivity contribution in [1.29, 1.82) is 0 Å². The predicted molar refractivity (Wildman–Crippen MR) is 123 cm³/mol. The lowest BCUT2D eigenvalue weighted by Gasteiger charge is -2.24. The Bertz CT molecular complexity index is 1070. The van der Waals surface area contributed by atoms with Gasteiger partial charge in [-0.3, -0.25) is 9.59 Å². The first kappa shape index (κ1) is 23.0. The third-order valence-electron chi connectivity index (χ3n) is 4.98. The number of nitrogens with zero attached hydrogens (tertiary/aromatic N) is 1. The van der Waals surface area contributed by atoms with Gasteiger partial charge in [0, 0.05) is 17.8 Å². The van der Waals surface area contributed by atoms with Crippen molar-refractivity contribution in [3.05, 3.63) is 95.3 Å². The van der Waals surface area contributed by atoms with E-state index in [0.29, 0.717) is 29.1 Å². The van der Waals surface area contributed by atoms with Crippen LogP contribution in [-0.4, -0.2) is 25.5 Å². The molecule has 1 N–H and O–H groups in total. The number of rotatable bonds is 9. The van der Waals surface area contributed by atoms with Gasteiger partial charge in [-0.25, -0.2) is 4.39 Å². The number of ether oxygens (including phenoxy) is 1. The van der Waals surface area contributed by atoms with Gasteiger partial charge < -0.3 is 15.0 Å². The Kier molecular flexibility index (Phi) is 7.97. The van der Waals surface area contributed by atoms with Crippen LogP contribution in [0.1, 0.15) is 34.8 Å². The molecule has 0 aromatic heterocycles. The number of carbonyl (C=O) groups excluding carboxylic acids is 2. The Balaban J connectivity index is 1.87. The second kappa shape index (κ2) is 11.1. The normalized spacial score (nSPS) is 10.5. The van der Waals surface area contributed by atoms with Crippen LogP contribution < -0.4 is 15.0 Å². The van der Waals surface area contributed by atoms with Crippen LogP contribution in [0.25, 0.3) is 0 Å². The Hall–Kier alpha value is -3.67. The Labute approximate surface area is 187 Å². The molecular formula is C26H27FN2O3. The SMILES string of the molecule is CCCNC(=O)Cc1ccc(N(Cc2cccc(F)c2)C(=O)c2cccc(OC)c2)cc1. The molecule has 0 aliphatic rings. The smallest absolute Gasteiger partial charge is 0.258 e. The van der Waals surface area contributed by atoms with Gasteiger partial charge in [0.15, 0.2) is 0 Å². The van der Waals surface area contributed by atoms with Gasteiger partial charge in [0.2, 0.25) is 5.91 Å². The first-order valence-corrected chi connectivity index (χ1v) is 10.6. The van der Waals surface area contributed by atoms with Crippen molar-refractivity contribution >= 4 is 17.5 Å². The van der Waals surface area contributed by atoms with Gasteiger partial charge in [-0.15, -0.1) is 0 Å². The van der Waals surface area contributed by atoms with E-state index in [9.17, 15) is 14.0 Å². The van der Waals surface area contributed by atoms with Gasteiger partial charge in [-0.2, -0.15) is 0 Å². The highest BCUT2D eigenvalue weighted by Crippen LogP contribution is 2.23. The zero-order chi connectivity index (χ0) is 22.9. The number of amides is 2. The molecule has 0 radical (unpaired) electrons. The number of nitrogens with one attached hydrogen (secondary N) is 1. The minimum absolute atomic E-state index is 0.0383. The number of carbonyl (C=O) groups is 2. The molecule has 0 heterocycles. The molecule has 0 atom stereocenters. The molecule has 3 aromatic carbocycles. The Morgan fingerprint density at radius 2 is 1.72 bits per heavy atom. The zero-order valence-electron chi connectivity index (χ0n) is 18.3. The van der Waals surface area contributed by atoms with Crippen LogP contribution in [0.2, 0.25) is 0 Å². The minimum atomic E-state index is -0.357. The van der Waals surface area contributed by atoms with Crippen molar-refractivity contribution in [2.75, 3.05) is 18.6 Å². The largest absolute Gasteiger partial charge is 0.497 e. The number of hydrogen-bond acceptors (Lipinski definition) is 3. The lowest BCUT2D eigenvalue weighted by Crippen LogP contribution is -2.30. The molecule has 0 aliphatic heterocycles. The maximum absolute atomic E-state index is 13.7. The summed E-state index contributed by atoms with van der Waals surface area (Å²) in [6.07, 6.45) is 1.15. The van der Waals surface area contributed by atoms with Crippen LogP contribution in [0.15, 0.2) is 72.8 Å². The molecule has 2 amide bonds. The summed E-state index contributed by atoms with van der Waals surface area (Å²) in [6, 6.07) is 20.4. The standard InChI is InChI=1S/C26H27FN2O3/c1-3-14-28-25(30)16-19-10-12-23(13-11-19)29(18-20-6-4-8-22(27)15-20)26(31)21-7-5-9-24(17-21)32-2/h4-13,15,17H,3,14,16,18H2,1-2H3,(H,28,30). The number of anilines is 1. The van der Waals surface area contributed by atoms with E-state index in [-0.39, 0.29) is 30.6 Å². The van der Waals surface area contributed by atoms with Crippen LogP contribution in [0, 0.1) is 5.82 Å². The molecule has 5 nitrogen and oxygen atoms in total. The fourth-order valence-electron chi connectivity index (χ4n) is 3.32. The maximum Gasteiger partial charge on any atom is 0.258 e. The molecule has 32 heavy (non-hydrogen) atoms. The third kappa shape index (κ3) is 6.17. The van der Waals surface area contributed by atoms with E-state index in [0.717, 1.165) is 12.0 Å². The molecule has 0 spiro atoms. The van der Waals surface area contributed by atoms with Crippen molar-refractivity contribution in [1.82, 2.24) is 5.32 Å². The first-order chi connectivity index (χ1) is 15.5. The maximum atomic E-state index is 13.7. The van der Waals surface area contributed by atoms with E-state index in [4.69, 9.17) is 4.74 Å². The summed E-state index contributed by atoms with van der Waals surface area (Å²) < 4.78 is 19.0. The Morgan fingerprint density at radius 1 is 0.969 bits per heavy atom. The zero-order valence-corrected chi connectivity index (χ0v) is 18.3. The van der Waals surface area contributed by atoms with Gasteiger partial charge in [-0.05, 0) is 60.0 Å². The minimum Gasteiger partial charge on any atom is -0.497 e. The summed E-state index contributed by atoms with van der Waals surface area (Å²) in [7, 11) is 1.55. The second-order valence-electron chi connectivity index (χ2n) is 7.45. The van der Waals surface area contributed by atoms with Crippen LogP contribution in [0.4, 0.5) is 10.1 Å². The number of hydrogen-bond donors (Lipinski definition) is 1. The molecule has 0 bridgehead atoms. The lowest BCUT2D eigenvalue weighted by atomic mass is 10.1. The summed E-state index contributed by atoms with van der Waals surface area (Å²) in [5.41, 5.74) is 2.63. The van der Waals surface area contributed by atoms with Crippen LogP contribution in [0.5, 0.6) is 5.75 Å². The van der Waals surface area contributed by atoms with Crippen LogP contribution in [0.3, 0.4) is 0 Å². The summed E-state index contributed by atoms with van der Waals surface area (Å²) in [5, 5.41) is 2.86. The van der Waals surface area contributed by atoms with Crippen molar-refractivity contribution in [3.8, 4) is 5.75 Å². The number of halogens is 1. The molecule has 0 fully saturated rings. The average molecular weight is 435 g/mol.